The van der Waals surface area contributed by atoms with Gasteiger partial charge in [-0.15, -0.1) is 11.3 Å². The van der Waals surface area contributed by atoms with Gasteiger partial charge in [-0.3, -0.25) is 0 Å². The van der Waals surface area contributed by atoms with E-state index in [1.54, 1.807) is 0 Å². The molecule has 0 amide bonds. The van der Waals surface area contributed by atoms with Crippen LogP contribution in [0.2, 0.25) is 0 Å². The van der Waals surface area contributed by atoms with E-state index in [2.05, 4.69) is 80.6 Å². The van der Waals surface area contributed by atoms with Crippen molar-refractivity contribution in [2.24, 2.45) is 0 Å². The molecule has 1 heterocycles. The molecule has 0 radical (unpaired) electrons. The summed E-state index contributed by atoms with van der Waals surface area (Å²) in [6.07, 6.45) is 1.04. The van der Waals surface area contributed by atoms with Crippen LogP contribution in [0.25, 0.3) is 0 Å². The normalized spacial score (nSPS) is 12.7. The van der Waals surface area contributed by atoms with Crippen molar-refractivity contribution in [3.05, 3.63) is 51.7 Å². The Kier molecular flexibility index (Phi) is 4.84. The van der Waals surface area contributed by atoms with E-state index in [1.165, 1.54) is 21.7 Å². The second kappa shape index (κ2) is 6.42. The van der Waals surface area contributed by atoms with Crippen molar-refractivity contribution < 1.29 is 0 Å². The van der Waals surface area contributed by atoms with Crippen molar-refractivity contribution in [2.45, 2.75) is 19.4 Å². The van der Waals surface area contributed by atoms with Crippen LogP contribution in [0.1, 0.15) is 22.0 Å². The van der Waals surface area contributed by atoms with Gasteiger partial charge in [0.25, 0.3) is 0 Å². The fourth-order valence-electron chi connectivity index (χ4n) is 2.56. The van der Waals surface area contributed by atoms with E-state index in [-0.39, 0.29) is 0 Å². The standard InChI is InChI=1S/C17H24N2S/c1-13-10-11-20-17(13)16(19(4)5)12-14-8-6-7-9-15(14)18(2)3/h6-11,16H,12H2,1-5H3/t16-/m1/s1. The molecule has 1 atom stereocenters. The summed E-state index contributed by atoms with van der Waals surface area (Å²) in [4.78, 5) is 6.00. The number of benzene rings is 1. The molecule has 108 valence electrons. The quantitative estimate of drug-likeness (QED) is 0.821. The van der Waals surface area contributed by atoms with Gasteiger partial charge in [-0.05, 0) is 56.1 Å². The van der Waals surface area contributed by atoms with Crippen molar-refractivity contribution in [1.29, 1.82) is 0 Å². The second-order valence-electron chi connectivity index (χ2n) is 5.67. The summed E-state index contributed by atoms with van der Waals surface area (Å²) in [7, 11) is 8.56. The summed E-state index contributed by atoms with van der Waals surface area (Å²) >= 11 is 1.86. The Labute approximate surface area is 126 Å². The molecule has 1 aromatic heterocycles. The van der Waals surface area contributed by atoms with Crippen LogP contribution >= 0.6 is 11.3 Å². The minimum absolute atomic E-state index is 0.441. The number of rotatable bonds is 5. The highest BCUT2D eigenvalue weighted by atomic mass is 32.1. The van der Waals surface area contributed by atoms with Crippen LogP contribution in [0.15, 0.2) is 35.7 Å². The minimum atomic E-state index is 0.441. The first kappa shape index (κ1) is 15.1. The summed E-state index contributed by atoms with van der Waals surface area (Å²) in [6.45, 7) is 2.21. The van der Waals surface area contributed by atoms with Crippen LogP contribution in [0.3, 0.4) is 0 Å². The molecule has 0 bridgehead atoms. The smallest absolute Gasteiger partial charge is 0.0479 e. The SMILES string of the molecule is Cc1ccsc1[C@@H](Cc1ccccc1N(C)C)N(C)C. The number of likely N-dealkylation sites (N-methyl/N-ethyl adjacent to an activating group) is 1. The van der Waals surface area contributed by atoms with Crippen LogP contribution < -0.4 is 4.90 Å². The molecule has 0 N–H and O–H groups in total. The maximum Gasteiger partial charge on any atom is 0.0479 e. The first-order valence-corrected chi connectivity index (χ1v) is 7.84. The van der Waals surface area contributed by atoms with Crippen LogP contribution in [-0.4, -0.2) is 33.1 Å². The largest absolute Gasteiger partial charge is 0.377 e. The third kappa shape index (κ3) is 3.22. The molecule has 0 aliphatic rings. The van der Waals surface area contributed by atoms with Gasteiger partial charge in [0, 0.05) is 30.7 Å². The molecule has 1 aromatic carbocycles. The van der Waals surface area contributed by atoms with Gasteiger partial charge in [-0.1, -0.05) is 18.2 Å². The van der Waals surface area contributed by atoms with Crippen LogP contribution in [0.5, 0.6) is 0 Å². The Hall–Kier alpha value is -1.32. The van der Waals surface area contributed by atoms with Gasteiger partial charge in [-0.25, -0.2) is 0 Å². The number of hydrogen-bond acceptors (Lipinski definition) is 3. The zero-order chi connectivity index (χ0) is 14.7. The van der Waals surface area contributed by atoms with Crippen molar-refractivity contribution in [3.8, 4) is 0 Å². The average molecular weight is 288 g/mol. The van der Waals surface area contributed by atoms with E-state index in [4.69, 9.17) is 0 Å². The van der Waals surface area contributed by atoms with Crippen LogP contribution in [0.4, 0.5) is 5.69 Å². The van der Waals surface area contributed by atoms with Crippen molar-refractivity contribution in [3.63, 3.8) is 0 Å². The molecule has 2 aromatic rings. The zero-order valence-corrected chi connectivity index (χ0v) is 13.9. The summed E-state index contributed by atoms with van der Waals surface area (Å²) in [5.74, 6) is 0. The Morgan fingerprint density at radius 3 is 2.30 bits per heavy atom. The third-order valence-corrected chi connectivity index (χ3v) is 4.83. The van der Waals surface area contributed by atoms with Crippen molar-refractivity contribution >= 4 is 17.0 Å². The Bertz CT molecular complexity index is 558. The highest BCUT2D eigenvalue weighted by molar-refractivity contribution is 7.10. The third-order valence-electron chi connectivity index (χ3n) is 3.71. The molecule has 0 aliphatic heterocycles. The van der Waals surface area contributed by atoms with E-state index < -0.39 is 0 Å². The fraction of sp³-hybridized carbons (Fsp3) is 0.412. The van der Waals surface area contributed by atoms with Crippen LogP contribution in [0, 0.1) is 6.92 Å². The van der Waals surface area contributed by atoms with Gasteiger partial charge in [0.15, 0.2) is 0 Å². The lowest BCUT2D eigenvalue weighted by atomic mass is 10.00. The lowest BCUT2D eigenvalue weighted by Gasteiger charge is -2.26. The predicted octanol–water partition coefficient (Wildman–Crippen LogP) is 3.97. The van der Waals surface area contributed by atoms with Crippen LogP contribution in [-0.2, 0) is 6.42 Å². The molecule has 0 spiro atoms. The molecule has 0 saturated heterocycles. The second-order valence-corrected chi connectivity index (χ2v) is 6.62. The maximum absolute atomic E-state index is 2.32. The minimum Gasteiger partial charge on any atom is -0.377 e. The maximum atomic E-state index is 2.32. The monoisotopic (exact) mass is 288 g/mol. The number of aryl methyl sites for hydroxylation is 1. The fourth-order valence-corrected chi connectivity index (χ4v) is 3.69. The van der Waals surface area contributed by atoms with Crippen molar-refractivity contribution in [1.82, 2.24) is 4.90 Å². The molecular weight excluding hydrogens is 264 g/mol. The van der Waals surface area contributed by atoms with E-state index in [0.717, 1.165) is 6.42 Å². The highest BCUT2D eigenvalue weighted by Crippen LogP contribution is 2.32. The molecule has 0 unspecified atom stereocenters. The molecule has 2 rings (SSSR count). The number of para-hydroxylation sites is 1. The summed E-state index contributed by atoms with van der Waals surface area (Å²) < 4.78 is 0. The van der Waals surface area contributed by atoms with Gasteiger partial charge in [-0.2, -0.15) is 0 Å². The van der Waals surface area contributed by atoms with E-state index in [1.807, 2.05) is 11.3 Å². The Morgan fingerprint density at radius 2 is 1.75 bits per heavy atom. The molecule has 3 heteroatoms. The highest BCUT2D eigenvalue weighted by Gasteiger charge is 2.19. The predicted molar refractivity (Wildman–Crippen MR) is 90.0 cm³/mol. The average Bonchev–Trinajstić information content (AvgIpc) is 2.82. The topological polar surface area (TPSA) is 6.48 Å². The van der Waals surface area contributed by atoms with E-state index in [0.29, 0.717) is 6.04 Å². The van der Waals surface area contributed by atoms with E-state index >= 15 is 0 Å². The first-order valence-electron chi connectivity index (χ1n) is 6.96. The van der Waals surface area contributed by atoms with Gasteiger partial charge in [0.05, 0.1) is 0 Å². The van der Waals surface area contributed by atoms with Gasteiger partial charge in [0.2, 0.25) is 0 Å². The van der Waals surface area contributed by atoms with E-state index in [9.17, 15) is 0 Å². The number of anilines is 1. The number of nitrogens with zero attached hydrogens (tertiary/aromatic N) is 2. The summed E-state index contributed by atoms with van der Waals surface area (Å²) in [6, 6.07) is 11.3. The lowest BCUT2D eigenvalue weighted by Crippen LogP contribution is -2.23. The molecule has 0 saturated carbocycles. The molecule has 2 nitrogen and oxygen atoms in total. The Morgan fingerprint density at radius 1 is 1.05 bits per heavy atom. The summed E-state index contributed by atoms with van der Waals surface area (Å²) in [5.41, 5.74) is 4.12. The molecule has 0 aliphatic carbocycles. The number of thiophene rings is 1. The van der Waals surface area contributed by atoms with Crippen molar-refractivity contribution in [2.75, 3.05) is 33.1 Å². The molecule has 0 fully saturated rings. The molecule has 20 heavy (non-hydrogen) atoms. The lowest BCUT2D eigenvalue weighted by molar-refractivity contribution is 0.301. The van der Waals surface area contributed by atoms with Gasteiger partial charge >= 0.3 is 0 Å². The zero-order valence-electron chi connectivity index (χ0n) is 13.1. The summed E-state index contributed by atoms with van der Waals surface area (Å²) in [5, 5.41) is 2.19. The molecular formula is C17H24N2S. The van der Waals surface area contributed by atoms with Gasteiger partial charge < -0.3 is 9.80 Å². The number of hydrogen-bond donors (Lipinski definition) is 0. The first-order chi connectivity index (χ1) is 9.50. The Balaban J connectivity index is 2.33. The van der Waals surface area contributed by atoms with Gasteiger partial charge in [0.1, 0.15) is 0 Å².